The quantitative estimate of drug-likeness (QED) is 0.762. The molecule has 1 aromatic rings. The van der Waals surface area contributed by atoms with Crippen molar-refractivity contribution < 1.29 is 13.9 Å². The summed E-state index contributed by atoms with van der Waals surface area (Å²) in [4.78, 5) is 19.2. The van der Waals surface area contributed by atoms with E-state index in [1.54, 1.807) is 7.11 Å². The third-order valence-electron chi connectivity index (χ3n) is 6.52. The minimum Gasteiger partial charge on any atom is -0.466 e. The molecular formula is C21H35N3O3. The molecule has 0 aromatic carbocycles. The summed E-state index contributed by atoms with van der Waals surface area (Å²) in [6.07, 6.45) is 3.20. The molecule has 1 spiro atoms. The van der Waals surface area contributed by atoms with Crippen molar-refractivity contribution in [3.8, 4) is 0 Å². The number of furan rings is 1. The highest BCUT2D eigenvalue weighted by atomic mass is 16.5. The first-order valence-corrected chi connectivity index (χ1v) is 10.2. The standard InChI is InChI=1S/C21H35N3O3/c1-17(19-6-5-18(2)27-19)7-10-23-14-13-22(3)21(16-23)8-11-24(12-9-21)20(25)15-26-4/h5-6,17H,7-16H2,1-4H3/t17-/m1/s1. The summed E-state index contributed by atoms with van der Waals surface area (Å²) < 4.78 is 10.8. The van der Waals surface area contributed by atoms with Crippen LogP contribution >= 0.6 is 0 Å². The highest BCUT2D eigenvalue weighted by Gasteiger charge is 2.42. The van der Waals surface area contributed by atoms with E-state index in [4.69, 9.17) is 9.15 Å². The number of likely N-dealkylation sites (tertiary alicyclic amines) is 1. The summed E-state index contributed by atoms with van der Waals surface area (Å²) in [5, 5.41) is 0. The van der Waals surface area contributed by atoms with Gasteiger partial charge < -0.3 is 19.0 Å². The summed E-state index contributed by atoms with van der Waals surface area (Å²) in [6.45, 7) is 10.5. The van der Waals surface area contributed by atoms with Crippen molar-refractivity contribution in [2.24, 2.45) is 0 Å². The molecule has 6 nitrogen and oxygen atoms in total. The van der Waals surface area contributed by atoms with E-state index in [0.717, 1.165) is 70.1 Å². The number of ether oxygens (including phenoxy) is 1. The smallest absolute Gasteiger partial charge is 0.248 e. The van der Waals surface area contributed by atoms with E-state index in [1.165, 1.54) is 0 Å². The maximum absolute atomic E-state index is 12.1. The topological polar surface area (TPSA) is 49.2 Å². The lowest BCUT2D eigenvalue weighted by Gasteiger charge is -2.53. The molecule has 2 aliphatic heterocycles. The molecule has 2 saturated heterocycles. The molecular weight excluding hydrogens is 342 g/mol. The number of nitrogens with zero attached hydrogens (tertiary/aromatic N) is 3. The van der Waals surface area contributed by atoms with Gasteiger partial charge in [0.15, 0.2) is 0 Å². The number of amides is 1. The number of piperazine rings is 1. The Hall–Kier alpha value is -1.37. The second-order valence-corrected chi connectivity index (χ2v) is 8.37. The third-order valence-corrected chi connectivity index (χ3v) is 6.52. The van der Waals surface area contributed by atoms with Gasteiger partial charge in [-0.2, -0.15) is 0 Å². The summed E-state index contributed by atoms with van der Waals surface area (Å²) >= 11 is 0. The molecule has 1 amide bonds. The minimum absolute atomic E-state index is 0.116. The van der Waals surface area contributed by atoms with Crippen molar-refractivity contribution in [2.45, 2.75) is 44.6 Å². The molecule has 0 N–H and O–H groups in total. The second-order valence-electron chi connectivity index (χ2n) is 8.37. The van der Waals surface area contributed by atoms with Gasteiger partial charge >= 0.3 is 0 Å². The van der Waals surface area contributed by atoms with E-state index in [9.17, 15) is 4.79 Å². The van der Waals surface area contributed by atoms with Gasteiger partial charge in [0.05, 0.1) is 0 Å². The molecule has 2 aliphatic rings. The molecule has 0 radical (unpaired) electrons. The largest absolute Gasteiger partial charge is 0.466 e. The molecule has 3 heterocycles. The Balaban J connectivity index is 1.53. The van der Waals surface area contributed by atoms with Gasteiger partial charge in [-0.15, -0.1) is 0 Å². The lowest BCUT2D eigenvalue weighted by atomic mass is 9.83. The average Bonchev–Trinajstić information content (AvgIpc) is 3.10. The first-order valence-electron chi connectivity index (χ1n) is 10.2. The van der Waals surface area contributed by atoms with Gasteiger partial charge in [0.1, 0.15) is 18.1 Å². The predicted molar refractivity (Wildman–Crippen MR) is 106 cm³/mol. The number of hydrogen-bond acceptors (Lipinski definition) is 5. The van der Waals surface area contributed by atoms with Gasteiger partial charge in [0, 0.05) is 51.3 Å². The molecule has 0 saturated carbocycles. The van der Waals surface area contributed by atoms with Crippen LogP contribution in [0.2, 0.25) is 0 Å². The zero-order chi connectivity index (χ0) is 19.4. The van der Waals surface area contributed by atoms with Crippen LogP contribution in [0, 0.1) is 6.92 Å². The Bertz CT molecular complexity index is 622. The van der Waals surface area contributed by atoms with Crippen molar-refractivity contribution in [3.63, 3.8) is 0 Å². The van der Waals surface area contributed by atoms with E-state index >= 15 is 0 Å². The minimum atomic E-state index is 0.116. The number of rotatable bonds is 6. The second kappa shape index (κ2) is 8.76. The van der Waals surface area contributed by atoms with Crippen molar-refractivity contribution in [1.82, 2.24) is 14.7 Å². The molecule has 27 heavy (non-hydrogen) atoms. The van der Waals surface area contributed by atoms with Gasteiger partial charge in [-0.1, -0.05) is 6.92 Å². The molecule has 1 atom stereocenters. The number of likely N-dealkylation sites (N-methyl/N-ethyl adjacent to an activating group) is 1. The number of hydrogen-bond donors (Lipinski definition) is 0. The molecule has 0 aliphatic carbocycles. The molecule has 3 rings (SSSR count). The molecule has 0 bridgehead atoms. The number of methoxy groups -OCH3 is 1. The fourth-order valence-electron chi connectivity index (χ4n) is 4.50. The van der Waals surface area contributed by atoms with Crippen LogP contribution in [0.1, 0.15) is 43.6 Å². The molecule has 2 fully saturated rings. The Morgan fingerprint density at radius 2 is 2.00 bits per heavy atom. The average molecular weight is 378 g/mol. The molecule has 1 aromatic heterocycles. The van der Waals surface area contributed by atoms with Crippen molar-refractivity contribution in [2.75, 3.05) is 60.0 Å². The summed E-state index contributed by atoms with van der Waals surface area (Å²) in [6, 6.07) is 4.16. The number of piperidine rings is 1. The molecule has 152 valence electrons. The number of aryl methyl sites for hydroxylation is 1. The Morgan fingerprint density at radius 3 is 2.63 bits per heavy atom. The maximum Gasteiger partial charge on any atom is 0.248 e. The lowest BCUT2D eigenvalue weighted by molar-refractivity contribution is -0.138. The summed E-state index contributed by atoms with van der Waals surface area (Å²) in [5.74, 6) is 2.65. The van der Waals surface area contributed by atoms with Gasteiger partial charge in [0.25, 0.3) is 0 Å². The molecule has 6 heteroatoms. The Labute approximate surface area is 163 Å². The normalized spacial score (nSPS) is 22.3. The summed E-state index contributed by atoms with van der Waals surface area (Å²) in [5.41, 5.74) is 0.201. The van der Waals surface area contributed by atoms with Crippen LogP contribution in [-0.4, -0.2) is 86.2 Å². The zero-order valence-corrected chi connectivity index (χ0v) is 17.4. The number of carbonyl (C=O) groups excluding carboxylic acids is 1. The van der Waals surface area contributed by atoms with E-state index in [0.29, 0.717) is 5.92 Å². The molecule has 0 unspecified atom stereocenters. The van der Waals surface area contributed by atoms with Gasteiger partial charge in [-0.25, -0.2) is 0 Å². The SMILES string of the molecule is COCC(=O)N1CCC2(CC1)CN(CC[C@@H](C)c1ccc(C)o1)CCN2C. The fourth-order valence-corrected chi connectivity index (χ4v) is 4.50. The maximum atomic E-state index is 12.1. The van der Waals surface area contributed by atoms with Crippen molar-refractivity contribution >= 4 is 5.91 Å². The van der Waals surface area contributed by atoms with Crippen molar-refractivity contribution in [1.29, 1.82) is 0 Å². The van der Waals surface area contributed by atoms with Crippen LogP contribution in [0.5, 0.6) is 0 Å². The van der Waals surface area contributed by atoms with Gasteiger partial charge in [-0.05, 0) is 51.9 Å². The predicted octanol–water partition coefficient (Wildman–Crippen LogP) is 2.34. The number of carbonyl (C=O) groups is 1. The van der Waals surface area contributed by atoms with Gasteiger partial charge in [-0.3, -0.25) is 9.69 Å². The first-order chi connectivity index (χ1) is 12.9. The lowest BCUT2D eigenvalue weighted by Crippen LogP contribution is -2.64. The van der Waals surface area contributed by atoms with E-state index in [1.807, 2.05) is 11.8 Å². The highest BCUT2D eigenvalue weighted by Crippen LogP contribution is 2.32. The van der Waals surface area contributed by atoms with Crippen LogP contribution < -0.4 is 0 Å². The third kappa shape index (κ3) is 4.73. The fraction of sp³-hybridized carbons (Fsp3) is 0.762. The Morgan fingerprint density at radius 1 is 1.26 bits per heavy atom. The van der Waals surface area contributed by atoms with E-state index in [2.05, 4.69) is 35.9 Å². The first kappa shape index (κ1) is 20.4. The van der Waals surface area contributed by atoms with Crippen LogP contribution in [0.4, 0.5) is 0 Å². The Kier molecular flexibility index (Phi) is 6.61. The highest BCUT2D eigenvalue weighted by molar-refractivity contribution is 5.77. The van der Waals surface area contributed by atoms with E-state index < -0.39 is 0 Å². The summed E-state index contributed by atoms with van der Waals surface area (Å²) in [7, 11) is 3.83. The van der Waals surface area contributed by atoms with Crippen LogP contribution in [0.15, 0.2) is 16.5 Å². The van der Waals surface area contributed by atoms with Crippen LogP contribution in [0.3, 0.4) is 0 Å². The zero-order valence-electron chi connectivity index (χ0n) is 17.4. The monoisotopic (exact) mass is 377 g/mol. The van der Waals surface area contributed by atoms with E-state index in [-0.39, 0.29) is 18.1 Å². The van der Waals surface area contributed by atoms with Crippen LogP contribution in [-0.2, 0) is 9.53 Å². The van der Waals surface area contributed by atoms with Crippen molar-refractivity contribution in [3.05, 3.63) is 23.7 Å². The van der Waals surface area contributed by atoms with Crippen LogP contribution in [0.25, 0.3) is 0 Å². The van der Waals surface area contributed by atoms with Gasteiger partial charge in [0.2, 0.25) is 5.91 Å².